The maximum Gasteiger partial charge on any atom is 0.354 e. The Hall–Kier alpha value is -3.03. The van der Waals surface area contributed by atoms with Crippen LogP contribution in [-0.4, -0.2) is 42.8 Å². The van der Waals surface area contributed by atoms with E-state index in [1.807, 2.05) is 0 Å². The first-order valence-electron chi connectivity index (χ1n) is 7.28. The first-order chi connectivity index (χ1) is 11.6. The molecule has 0 heterocycles. The van der Waals surface area contributed by atoms with E-state index in [1.165, 1.54) is 18.2 Å². The summed E-state index contributed by atoms with van der Waals surface area (Å²) in [5.41, 5.74) is -0.692. The molecule has 0 aromatic heterocycles. The maximum atomic E-state index is 12.0. The zero-order chi connectivity index (χ0) is 19.2. The molecule has 0 aliphatic carbocycles. The average Bonchev–Trinajstić information content (AvgIpc) is 2.53. The molecule has 0 atom stereocenters. The van der Waals surface area contributed by atoms with Gasteiger partial charge in [0.1, 0.15) is 17.0 Å². The highest BCUT2D eigenvalue weighted by molar-refractivity contribution is 5.99. The summed E-state index contributed by atoms with van der Waals surface area (Å²) >= 11 is 0. The van der Waals surface area contributed by atoms with Crippen LogP contribution >= 0.6 is 0 Å². The molecule has 136 valence electrons. The van der Waals surface area contributed by atoms with Gasteiger partial charge in [-0.1, -0.05) is 0 Å². The standard InChI is InChI=1S/C17H21NO7/c1-17(2,3)25-15(21)10-6-7-11(13(19)8-10)18-12(16(22)24-5)9-14(20)23-4/h6-9,18-19H,1-5H3/b12-9+. The van der Waals surface area contributed by atoms with Gasteiger partial charge in [-0.3, -0.25) is 0 Å². The molecule has 1 aromatic carbocycles. The van der Waals surface area contributed by atoms with Crippen molar-refractivity contribution >= 4 is 23.6 Å². The molecule has 0 spiro atoms. The zero-order valence-electron chi connectivity index (χ0n) is 14.7. The highest BCUT2D eigenvalue weighted by Gasteiger charge is 2.20. The van der Waals surface area contributed by atoms with E-state index in [1.54, 1.807) is 20.8 Å². The Kier molecular flexibility index (Phi) is 6.55. The SMILES string of the molecule is COC(=O)/C=C(/Nc1ccc(C(=O)OC(C)(C)C)cc1O)C(=O)OC. The van der Waals surface area contributed by atoms with Gasteiger partial charge in [0, 0.05) is 0 Å². The van der Waals surface area contributed by atoms with Crippen LogP contribution in [-0.2, 0) is 23.8 Å². The fraction of sp³-hybridized carbons (Fsp3) is 0.353. The lowest BCUT2D eigenvalue weighted by atomic mass is 10.1. The Morgan fingerprint density at radius 1 is 1.12 bits per heavy atom. The largest absolute Gasteiger partial charge is 0.506 e. The molecule has 0 fully saturated rings. The fourth-order valence-corrected chi connectivity index (χ4v) is 1.68. The lowest BCUT2D eigenvalue weighted by Crippen LogP contribution is -2.23. The quantitative estimate of drug-likeness (QED) is 0.359. The number of hydrogen-bond acceptors (Lipinski definition) is 8. The van der Waals surface area contributed by atoms with Gasteiger partial charge in [0.15, 0.2) is 0 Å². The van der Waals surface area contributed by atoms with Crippen molar-refractivity contribution < 1.29 is 33.7 Å². The zero-order valence-corrected chi connectivity index (χ0v) is 14.7. The topological polar surface area (TPSA) is 111 Å². The Balaban J connectivity index is 3.06. The van der Waals surface area contributed by atoms with Crippen molar-refractivity contribution in [2.75, 3.05) is 19.5 Å². The molecule has 8 nitrogen and oxygen atoms in total. The number of carbonyl (C=O) groups excluding carboxylic acids is 3. The summed E-state index contributed by atoms with van der Waals surface area (Å²) in [6.07, 6.45) is 0.882. The minimum Gasteiger partial charge on any atom is -0.506 e. The fourth-order valence-electron chi connectivity index (χ4n) is 1.68. The van der Waals surface area contributed by atoms with Crippen LogP contribution in [0.5, 0.6) is 5.75 Å². The Morgan fingerprint density at radius 2 is 1.76 bits per heavy atom. The summed E-state index contributed by atoms with van der Waals surface area (Å²) in [6, 6.07) is 3.95. The van der Waals surface area contributed by atoms with Gasteiger partial charge in [0.05, 0.1) is 31.5 Å². The van der Waals surface area contributed by atoms with E-state index >= 15 is 0 Å². The number of aromatic hydroxyl groups is 1. The van der Waals surface area contributed by atoms with Gasteiger partial charge >= 0.3 is 17.9 Å². The number of benzene rings is 1. The molecule has 2 N–H and O–H groups in total. The molecule has 0 amide bonds. The number of hydrogen-bond donors (Lipinski definition) is 2. The molecule has 0 unspecified atom stereocenters. The summed E-state index contributed by atoms with van der Waals surface area (Å²) in [6.45, 7) is 5.17. The first-order valence-corrected chi connectivity index (χ1v) is 7.28. The van der Waals surface area contributed by atoms with Crippen molar-refractivity contribution in [1.29, 1.82) is 0 Å². The van der Waals surface area contributed by atoms with Gasteiger partial charge in [0.25, 0.3) is 0 Å². The molecular formula is C17H21NO7. The van der Waals surface area contributed by atoms with Crippen molar-refractivity contribution in [3.63, 3.8) is 0 Å². The number of nitrogens with one attached hydrogen (secondary N) is 1. The third kappa shape index (κ3) is 6.17. The van der Waals surface area contributed by atoms with Gasteiger partial charge in [-0.2, -0.15) is 0 Å². The average molecular weight is 351 g/mol. The number of phenolic OH excluding ortho intramolecular Hbond substituents is 1. The van der Waals surface area contributed by atoms with E-state index < -0.39 is 23.5 Å². The van der Waals surface area contributed by atoms with E-state index in [0.717, 1.165) is 20.3 Å². The second-order valence-corrected chi connectivity index (χ2v) is 5.93. The minimum absolute atomic E-state index is 0.0906. The van der Waals surface area contributed by atoms with Crippen molar-refractivity contribution in [2.24, 2.45) is 0 Å². The van der Waals surface area contributed by atoms with Crippen LogP contribution in [0.4, 0.5) is 5.69 Å². The highest BCUT2D eigenvalue weighted by Crippen LogP contribution is 2.27. The summed E-state index contributed by atoms with van der Waals surface area (Å²) in [7, 11) is 2.29. The molecule has 0 radical (unpaired) electrons. The predicted molar refractivity (Wildman–Crippen MR) is 89.0 cm³/mol. The second-order valence-electron chi connectivity index (χ2n) is 5.93. The third-order valence-electron chi connectivity index (χ3n) is 2.77. The van der Waals surface area contributed by atoms with Gasteiger partial charge in [-0.25, -0.2) is 14.4 Å². The number of carbonyl (C=O) groups is 3. The van der Waals surface area contributed by atoms with Crippen LogP contribution in [0.3, 0.4) is 0 Å². The number of esters is 3. The van der Waals surface area contributed by atoms with E-state index in [2.05, 4.69) is 14.8 Å². The molecule has 0 aliphatic heterocycles. The van der Waals surface area contributed by atoms with E-state index in [-0.39, 0.29) is 22.7 Å². The smallest absolute Gasteiger partial charge is 0.354 e. The highest BCUT2D eigenvalue weighted by atomic mass is 16.6. The van der Waals surface area contributed by atoms with Crippen LogP contribution in [0.1, 0.15) is 31.1 Å². The summed E-state index contributed by atoms with van der Waals surface area (Å²) < 4.78 is 14.2. The number of rotatable bonds is 5. The lowest BCUT2D eigenvalue weighted by Gasteiger charge is -2.19. The van der Waals surface area contributed by atoms with Crippen LogP contribution in [0.2, 0.25) is 0 Å². The van der Waals surface area contributed by atoms with Crippen LogP contribution in [0.15, 0.2) is 30.0 Å². The van der Waals surface area contributed by atoms with E-state index in [9.17, 15) is 19.5 Å². The number of anilines is 1. The molecule has 0 saturated carbocycles. The lowest BCUT2D eigenvalue weighted by molar-refractivity contribution is -0.138. The van der Waals surface area contributed by atoms with Crippen LogP contribution < -0.4 is 5.32 Å². The minimum atomic E-state index is -0.832. The van der Waals surface area contributed by atoms with E-state index in [0.29, 0.717) is 0 Å². The molecular weight excluding hydrogens is 330 g/mol. The molecule has 0 aliphatic rings. The van der Waals surface area contributed by atoms with Crippen LogP contribution in [0, 0.1) is 0 Å². The first kappa shape index (κ1) is 20.0. The van der Waals surface area contributed by atoms with Gasteiger partial charge in [-0.05, 0) is 39.0 Å². The van der Waals surface area contributed by atoms with Crippen molar-refractivity contribution in [2.45, 2.75) is 26.4 Å². The summed E-state index contributed by atoms with van der Waals surface area (Å²) in [5.74, 6) is -2.53. The molecule has 25 heavy (non-hydrogen) atoms. The molecule has 0 saturated heterocycles. The Bertz CT molecular complexity index is 701. The van der Waals surface area contributed by atoms with E-state index in [4.69, 9.17) is 4.74 Å². The third-order valence-corrected chi connectivity index (χ3v) is 2.77. The normalized spacial score (nSPS) is 11.5. The number of phenols is 1. The van der Waals surface area contributed by atoms with Crippen LogP contribution in [0.25, 0.3) is 0 Å². The maximum absolute atomic E-state index is 12.0. The second kappa shape index (κ2) is 8.18. The summed E-state index contributed by atoms with van der Waals surface area (Å²) in [5, 5.41) is 12.6. The van der Waals surface area contributed by atoms with Gasteiger partial charge in [0.2, 0.25) is 0 Å². The van der Waals surface area contributed by atoms with Gasteiger partial charge < -0.3 is 24.6 Å². The predicted octanol–water partition coefficient (Wildman–Crippen LogP) is 1.99. The molecule has 1 aromatic rings. The Morgan fingerprint density at radius 3 is 2.24 bits per heavy atom. The molecule has 1 rings (SSSR count). The molecule has 0 bridgehead atoms. The van der Waals surface area contributed by atoms with Gasteiger partial charge in [-0.15, -0.1) is 0 Å². The van der Waals surface area contributed by atoms with Crippen molar-refractivity contribution in [1.82, 2.24) is 0 Å². The monoisotopic (exact) mass is 351 g/mol. The number of ether oxygens (including phenoxy) is 3. The Labute approximate surface area is 145 Å². The molecule has 8 heteroatoms. The van der Waals surface area contributed by atoms with Crippen molar-refractivity contribution in [3.8, 4) is 5.75 Å². The van der Waals surface area contributed by atoms with Crippen molar-refractivity contribution in [3.05, 3.63) is 35.5 Å². The summed E-state index contributed by atoms with van der Waals surface area (Å²) in [4.78, 5) is 35.0. The number of methoxy groups -OCH3 is 2.